The number of nitrogens with zero attached hydrogens (tertiary/aromatic N) is 2. The zero-order chi connectivity index (χ0) is 24.8. The lowest BCUT2D eigenvalue weighted by molar-refractivity contribution is -0.130. The van der Waals surface area contributed by atoms with Gasteiger partial charge in [0, 0.05) is 38.4 Å². The summed E-state index contributed by atoms with van der Waals surface area (Å²) in [5.74, 6) is -0.740. The van der Waals surface area contributed by atoms with Crippen LogP contribution in [0.1, 0.15) is 17.5 Å². The molecule has 1 fully saturated rings. The second-order valence-corrected chi connectivity index (χ2v) is 10.3. The predicted molar refractivity (Wildman–Crippen MR) is 130 cm³/mol. The first-order valence-corrected chi connectivity index (χ1v) is 12.9. The molecular weight excluding hydrogens is 472 g/mol. The molecule has 1 amide bonds. The summed E-state index contributed by atoms with van der Waals surface area (Å²) >= 11 is 0. The molecule has 3 aromatic carbocycles. The highest BCUT2D eigenvalue weighted by atomic mass is 32.2. The van der Waals surface area contributed by atoms with Gasteiger partial charge in [-0.1, -0.05) is 24.3 Å². The fourth-order valence-electron chi connectivity index (χ4n) is 4.03. The third kappa shape index (κ3) is 6.86. The molecule has 1 saturated heterocycles. The Morgan fingerprint density at radius 1 is 0.771 bits per heavy atom. The zero-order valence-electron chi connectivity index (χ0n) is 19.2. The first kappa shape index (κ1) is 24.8. The van der Waals surface area contributed by atoms with E-state index >= 15 is 0 Å². The second-order valence-electron chi connectivity index (χ2n) is 8.57. The summed E-state index contributed by atoms with van der Waals surface area (Å²) in [5, 5.41) is 0. The van der Waals surface area contributed by atoms with E-state index in [2.05, 4.69) is 9.62 Å². The lowest BCUT2D eigenvalue weighted by Gasteiger charge is -2.22. The Bertz CT molecular complexity index is 1250. The number of hydrogen-bond donors (Lipinski definition) is 1. The van der Waals surface area contributed by atoms with Crippen LogP contribution in [-0.4, -0.2) is 50.3 Å². The summed E-state index contributed by atoms with van der Waals surface area (Å²) in [6, 6.07) is 17.7. The van der Waals surface area contributed by atoms with Gasteiger partial charge in [0.25, 0.3) is 10.0 Å². The second kappa shape index (κ2) is 11.0. The van der Waals surface area contributed by atoms with Gasteiger partial charge in [-0.3, -0.25) is 14.4 Å². The number of benzene rings is 3. The molecule has 184 valence electrons. The number of anilines is 1. The van der Waals surface area contributed by atoms with Crippen LogP contribution in [0.15, 0.2) is 77.7 Å². The summed E-state index contributed by atoms with van der Waals surface area (Å²) in [4.78, 5) is 17.0. The molecule has 1 heterocycles. The standard InChI is InChI=1S/C26H27F2N3O3S/c27-22-6-2-21(3-7-22)19-30-14-1-15-31(17-16-30)26(32)18-20-4-10-24(11-5-20)29-35(33,34)25-12-8-23(28)9-13-25/h2-13,29H,1,14-19H2. The van der Waals surface area contributed by atoms with E-state index in [1.54, 1.807) is 36.4 Å². The van der Waals surface area contributed by atoms with E-state index in [4.69, 9.17) is 0 Å². The molecule has 35 heavy (non-hydrogen) atoms. The van der Waals surface area contributed by atoms with Gasteiger partial charge < -0.3 is 4.90 Å². The van der Waals surface area contributed by atoms with Crippen molar-refractivity contribution in [3.05, 3.63) is 95.6 Å². The van der Waals surface area contributed by atoms with Crippen molar-refractivity contribution in [2.75, 3.05) is 30.9 Å². The van der Waals surface area contributed by atoms with Crippen molar-refractivity contribution in [2.24, 2.45) is 0 Å². The zero-order valence-corrected chi connectivity index (χ0v) is 20.0. The van der Waals surface area contributed by atoms with Crippen LogP contribution in [0, 0.1) is 11.6 Å². The van der Waals surface area contributed by atoms with E-state index < -0.39 is 15.8 Å². The fraction of sp³-hybridized carbons (Fsp3) is 0.269. The van der Waals surface area contributed by atoms with Gasteiger partial charge in [0.05, 0.1) is 11.3 Å². The van der Waals surface area contributed by atoms with Crippen LogP contribution in [-0.2, 0) is 27.8 Å². The van der Waals surface area contributed by atoms with Crippen LogP contribution < -0.4 is 4.72 Å². The molecule has 0 unspecified atom stereocenters. The minimum absolute atomic E-state index is 0.0216. The predicted octanol–water partition coefficient (Wildman–Crippen LogP) is 4.04. The fourth-order valence-corrected chi connectivity index (χ4v) is 5.09. The highest BCUT2D eigenvalue weighted by Gasteiger charge is 2.20. The van der Waals surface area contributed by atoms with E-state index in [1.165, 1.54) is 24.3 Å². The topological polar surface area (TPSA) is 69.7 Å². The number of rotatable bonds is 7. The number of hydrogen-bond acceptors (Lipinski definition) is 4. The van der Waals surface area contributed by atoms with E-state index in [0.29, 0.717) is 18.8 Å². The van der Waals surface area contributed by atoms with Crippen LogP contribution >= 0.6 is 0 Å². The Hall–Kier alpha value is -3.30. The lowest BCUT2D eigenvalue weighted by atomic mass is 10.1. The minimum atomic E-state index is -3.83. The van der Waals surface area contributed by atoms with Gasteiger partial charge >= 0.3 is 0 Å². The quantitative estimate of drug-likeness (QED) is 0.533. The molecule has 6 nitrogen and oxygen atoms in total. The average Bonchev–Trinajstić information content (AvgIpc) is 3.08. The van der Waals surface area contributed by atoms with Gasteiger partial charge in [-0.2, -0.15) is 0 Å². The van der Waals surface area contributed by atoms with Gasteiger partial charge in [0.1, 0.15) is 11.6 Å². The summed E-state index contributed by atoms with van der Waals surface area (Å²) < 4.78 is 53.6. The van der Waals surface area contributed by atoms with E-state index in [0.717, 1.165) is 49.3 Å². The van der Waals surface area contributed by atoms with Crippen molar-refractivity contribution >= 4 is 21.6 Å². The smallest absolute Gasteiger partial charge is 0.261 e. The molecule has 1 N–H and O–H groups in total. The van der Waals surface area contributed by atoms with Gasteiger partial charge in [0.15, 0.2) is 0 Å². The maximum Gasteiger partial charge on any atom is 0.261 e. The van der Waals surface area contributed by atoms with Crippen molar-refractivity contribution in [1.82, 2.24) is 9.80 Å². The normalized spacial score (nSPS) is 15.0. The van der Waals surface area contributed by atoms with E-state index in [1.807, 2.05) is 4.90 Å². The Morgan fingerprint density at radius 3 is 2.03 bits per heavy atom. The number of amides is 1. The molecule has 9 heteroatoms. The van der Waals surface area contributed by atoms with E-state index in [9.17, 15) is 22.0 Å². The molecule has 0 aromatic heterocycles. The largest absolute Gasteiger partial charge is 0.341 e. The van der Waals surface area contributed by atoms with Crippen LogP contribution in [0.5, 0.6) is 0 Å². The first-order valence-electron chi connectivity index (χ1n) is 11.4. The Morgan fingerprint density at radius 2 is 1.37 bits per heavy atom. The number of halogens is 2. The molecule has 0 radical (unpaired) electrons. The van der Waals surface area contributed by atoms with Crippen LogP contribution in [0.25, 0.3) is 0 Å². The summed E-state index contributed by atoms with van der Waals surface area (Å²) in [5.41, 5.74) is 2.19. The van der Waals surface area contributed by atoms with Gasteiger partial charge in [0.2, 0.25) is 5.91 Å². The van der Waals surface area contributed by atoms with Crippen LogP contribution in [0.2, 0.25) is 0 Å². The lowest BCUT2D eigenvalue weighted by Crippen LogP contribution is -2.36. The molecule has 1 aliphatic heterocycles. The molecule has 4 rings (SSSR count). The molecule has 1 aliphatic rings. The van der Waals surface area contributed by atoms with Crippen molar-refractivity contribution in [1.29, 1.82) is 0 Å². The van der Waals surface area contributed by atoms with Gasteiger partial charge in [-0.25, -0.2) is 17.2 Å². The molecular formula is C26H27F2N3O3S. The monoisotopic (exact) mass is 499 g/mol. The third-order valence-corrected chi connectivity index (χ3v) is 7.34. The van der Waals surface area contributed by atoms with E-state index in [-0.39, 0.29) is 23.0 Å². The Kier molecular flexibility index (Phi) is 7.77. The average molecular weight is 500 g/mol. The molecule has 0 spiro atoms. The number of sulfonamides is 1. The van der Waals surface area contributed by atoms with Crippen molar-refractivity contribution < 1.29 is 22.0 Å². The Labute approximate surface area is 204 Å². The maximum absolute atomic E-state index is 13.1. The first-order chi connectivity index (χ1) is 16.8. The number of nitrogens with one attached hydrogen (secondary N) is 1. The van der Waals surface area contributed by atoms with Gasteiger partial charge in [-0.15, -0.1) is 0 Å². The Balaban J connectivity index is 1.30. The summed E-state index contributed by atoms with van der Waals surface area (Å²) in [6.45, 7) is 3.62. The molecule has 0 saturated carbocycles. The highest BCUT2D eigenvalue weighted by molar-refractivity contribution is 7.92. The molecule has 3 aromatic rings. The number of carbonyl (C=O) groups excluding carboxylic acids is 1. The third-order valence-electron chi connectivity index (χ3n) is 5.95. The van der Waals surface area contributed by atoms with Gasteiger partial charge in [-0.05, 0) is 66.1 Å². The van der Waals surface area contributed by atoms with Crippen LogP contribution in [0.3, 0.4) is 0 Å². The minimum Gasteiger partial charge on any atom is -0.341 e. The summed E-state index contributed by atoms with van der Waals surface area (Å²) in [7, 11) is -3.83. The number of carbonyl (C=O) groups is 1. The van der Waals surface area contributed by atoms with Crippen LogP contribution in [0.4, 0.5) is 14.5 Å². The molecule has 0 aliphatic carbocycles. The maximum atomic E-state index is 13.1. The van der Waals surface area contributed by atoms with Crippen molar-refractivity contribution in [2.45, 2.75) is 24.3 Å². The summed E-state index contributed by atoms with van der Waals surface area (Å²) in [6.07, 6.45) is 1.08. The van der Waals surface area contributed by atoms with Crippen molar-refractivity contribution in [3.63, 3.8) is 0 Å². The molecule has 0 atom stereocenters. The van der Waals surface area contributed by atoms with Crippen molar-refractivity contribution in [3.8, 4) is 0 Å². The SMILES string of the molecule is O=C(Cc1ccc(NS(=O)(=O)c2ccc(F)cc2)cc1)N1CCCN(Cc2ccc(F)cc2)CC1. The molecule has 0 bridgehead atoms. The highest BCUT2D eigenvalue weighted by Crippen LogP contribution is 2.18.